The summed E-state index contributed by atoms with van der Waals surface area (Å²) < 4.78 is 11.4. The standard InChI is InChI=1S/C21H29N7O2/c1-22-20(26-17-4-5-18-19(16-17)30-15-3-14-29-18)23-8-9-27-10-12-28(13-11-27)21-24-6-2-7-25-21/h2,4-7,16H,3,8-15H2,1H3,(H2,22,23,26). The predicted octanol–water partition coefficient (Wildman–Crippen LogP) is 1.45. The molecule has 2 aliphatic heterocycles. The maximum absolute atomic E-state index is 5.76. The van der Waals surface area contributed by atoms with Crippen molar-refractivity contribution in [1.82, 2.24) is 20.2 Å². The Bertz CT molecular complexity index is 839. The van der Waals surface area contributed by atoms with E-state index in [1.807, 2.05) is 24.3 Å². The fraction of sp³-hybridized carbons (Fsp3) is 0.476. The van der Waals surface area contributed by atoms with E-state index in [1.165, 1.54) is 0 Å². The van der Waals surface area contributed by atoms with Crippen molar-refractivity contribution in [3.8, 4) is 11.5 Å². The minimum atomic E-state index is 0.674. The fourth-order valence-electron chi connectivity index (χ4n) is 3.52. The Labute approximate surface area is 177 Å². The van der Waals surface area contributed by atoms with Gasteiger partial charge >= 0.3 is 0 Å². The lowest BCUT2D eigenvalue weighted by Gasteiger charge is -2.34. The van der Waals surface area contributed by atoms with Crippen LogP contribution >= 0.6 is 0 Å². The molecule has 2 aromatic rings. The van der Waals surface area contributed by atoms with Crippen LogP contribution in [0.1, 0.15) is 6.42 Å². The number of hydrogen-bond acceptors (Lipinski definition) is 7. The molecule has 4 rings (SSSR count). The minimum absolute atomic E-state index is 0.674. The van der Waals surface area contributed by atoms with Crippen molar-refractivity contribution in [2.75, 3.05) is 69.7 Å². The Morgan fingerprint density at radius 1 is 1.07 bits per heavy atom. The highest BCUT2D eigenvalue weighted by Gasteiger charge is 2.18. The molecule has 2 aliphatic rings. The molecule has 0 amide bonds. The lowest BCUT2D eigenvalue weighted by Crippen LogP contribution is -2.49. The van der Waals surface area contributed by atoms with Gasteiger partial charge in [0.25, 0.3) is 0 Å². The third-order valence-electron chi connectivity index (χ3n) is 5.16. The molecule has 0 saturated carbocycles. The summed E-state index contributed by atoms with van der Waals surface area (Å²) >= 11 is 0. The van der Waals surface area contributed by atoms with E-state index < -0.39 is 0 Å². The summed E-state index contributed by atoms with van der Waals surface area (Å²) in [5, 5.41) is 6.71. The van der Waals surface area contributed by atoms with Gasteiger partial charge in [-0.3, -0.25) is 9.89 Å². The van der Waals surface area contributed by atoms with Crippen LogP contribution in [0.4, 0.5) is 11.6 Å². The van der Waals surface area contributed by atoms with Crippen LogP contribution in [-0.2, 0) is 0 Å². The van der Waals surface area contributed by atoms with Gasteiger partial charge in [0.05, 0.1) is 13.2 Å². The molecule has 9 heteroatoms. The van der Waals surface area contributed by atoms with E-state index in [0.29, 0.717) is 13.2 Å². The van der Waals surface area contributed by atoms with Crippen molar-refractivity contribution in [2.45, 2.75) is 6.42 Å². The number of guanidine groups is 1. The first-order chi connectivity index (χ1) is 14.8. The maximum atomic E-state index is 5.76. The first-order valence-corrected chi connectivity index (χ1v) is 10.4. The molecule has 1 fully saturated rings. The molecule has 0 bridgehead atoms. The molecule has 1 aromatic carbocycles. The van der Waals surface area contributed by atoms with Crippen LogP contribution in [0.2, 0.25) is 0 Å². The molecule has 2 N–H and O–H groups in total. The number of aliphatic imine (C=N–C) groups is 1. The van der Waals surface area contributed by atoms with Crippen LogP contribution < -0.4 is 25.0 Å². The van der Waals surface area contributed by atoms with Gasteiger partial charge in [-0.15, -0.1) is 0 Å². The number of hydrogen-bond donors (Lipinski definition) is 2. The van der Waals surface area contributed by atoms with Gasteiger partial charge in [0, 0.05) is 76.9 Å². The Kier molecular flexibility index (Phi) is 6.81. The van der Waals surface area contributed by atoms with Gasteiger partial charge in [0.2, 0.25) is 5.95 Å². The SMILES string of the molecule is CN=C(NCCN1CCN(c2ncccn2)CC1)Nc1ccc2c(c1)OCCCO2. The molecule has 0 unspecified atom stereocenters. The van der Waals surface area contributed by atoms with Crippen LogP contribution in [0.3, 0.4) is 0 Å². The van der Waals surface area contributed by atoms with Gasteiger partial charge < -0.3 is 25.0 Å². The predicted molar refractivity (Wildman–Crippen MR) is 118 cm³/mol. The summed E-state index contributed by atoms with van der Waals surface area (Å²) in [6.07, 6.45) is 4.48. The first-order valence-electron chi connectivity index (χ1n) is 10.4. The van der Waals surface area contributed by atoms with Crippen LogP contribution in [0.5, 0.6) is 11.5 Å². The van der Waals surface area contributed by atoms with E-state index in [1.54, 1.807) is 19.4 Å². The number of nitrogens with zero attached hydrogens (tertiary/aromatic N) is 5. The second-order valence-electron chi connectivity index (χ2n) is 7.21. The second-order valence-corrected chi connectivity index (χ2v) is 7.21. The summed E-state index contributed by atoms with van der Waals surface area (Å²) in [5.74, 6) is 3.12. The Balaban J connectivity index is 1.21. The number of aromatic nitrogens is 2. The van der Waals surface area contributed by atoms with Gasteiger partial charge in [-0.05, 0) is 18.2 Å². The van der Waals surface area contributed by atoms with Crippen molar-refractivity contribution in [3.05, 3.63) is 36.7 Å². The summed E-state index contributed by atoms with van der Waals surface area (Å²) in [7, 11) is 1.77. The monoisotopic (exact) mass is 411 g/mol. The average molecular weight is 412 g/mol. The lowest BCUT2D eigenvalue weighted by molar-refractivity contribution is 0.260. The van der Waals surface area contributed by atoms with Crippen molar-refractivity contribution < 1.29 is 9.47 Å². The average Bonchev–Trinajstić information content (AvgIpc) is 3.04. The number of anilines is 2. The summed E-state index contributed by atoms with van der Waals surface area (Å²) in [6, 6.07) is 7.72. The largest absolute Gasteiger partial charge is 0.490 e. The lowest BCUT2D eigenvalue weighted by atomic mass is 10.2. The smallest absolute Gasteiger partial charge is 0.225 e. The molecule has 9 nitrogen and oxygen atoms in total. The van der Waals surface area contributed by atoms with Gasteiger partial charge in [0.1, 0.15) is 0 Å². The number of ether oxygens (including phenoxy) is 2. The highest BCUT2D eigenvalue weighted by atomic mass is 16.5. The molecule has 1 aromatic heterocycles. The molecule has 0 aliphatic carbocycles. The highest BCUT2D eigenvalue weighted by molar-refractivity contribution is 5.93. The molecule has 1 saturated heterocycles. The van der Waals surface area contributed by atoms with E-state index in [4.69, 9.17) is 9.47 Å². The Hall–Kier alpha value is -3.07. The van der Waals surface area contributed by atoms with Gasteiger partial charge in [-0.25, -0.2) is 9.97 Å². The molecular weight excluding hydrogens is 382 g/mol. The van der Waals surface area contributed by atoms with Crippen LogP contribution in [0.15, 0.2) is 41.7 Å². The molecule has 30 heavy (non-hydrogen) atoms. The van der Waals surface area contributed by atoms with Crippen molar-refractivity contribution >= 4 is 17.6 Å². The maximum Gasteiger partial charge on any atom is 0.225 e. The third kappa shape index (κ3) is 5.29. The first kappa shape index (κ1) is 20.2. The van der Waals surface area contributed by atoms with Crippen LogP contribution in [0, 0.1) is 0 Å². The van der Waals surface area contributed by atoms with Crippen molar-refractivity contribution in [3.63, 3.8) is 0 Å². The van der Waals surface area contributed by atoms with E-state index in [-0.39, 0.29) is 0 Å². The number of nitrogens with one attached hydrogen (secondary N) is 2. The molecule has 0 atom stereocenters. The zero-order valence-corrected chi connectivity index (χ0v) is 17.4. The summed E-state index contributed by atoms with van der Waals surface area (Å²) in [6.45, 7) is 6.99. The number of rotatable bonds is 5. The van der Waals surface area contributed by atoms with E-state index in [0.717, 1.165) is 74.8 Å². The molecular formula is C21H29N7O2. The summed E-state index contributed by atoms with van der Waals surface area (Å²) in [4.78, 5) is 17.7. The van der Waals surface area contributed by atoms with Crippen LogP contribution in [-0.4, -0.2) is 80.4 Å². The number of benzene rings is 1. The number of piperazine rings is 1. The van der Waals surface area contributed by atoms with Gasteiger partial charge in [-0.1, -0.05) is 0 Å². The van der Waals surface area contributed by atoms with E-state index in [2.05, 4.69) is 35.4 Å². The molecule has 0 spiro atoms. The minimum Gasteiger partial charge on any atom is -0.490 e. The molecule has 3 heterocycles. The third-order valence-corrected chi connectivity index (χ3v) is 5.16. The number of fused-ring (bicyclic) bond motifs is 1. The van der Waals surface area contributed by atoms with Gasteiger partial charge in [-0.2, -0.15) is 0 Å². The normalized spacial score (nSPS) is 17.4. The van der Waals surface area contributed by atoms with Crippen molar-refractivity contribution in [1.29, 1.82) is 0 Å². The molecule has 0 radical (unpaired) electrons. The zero-order chi connectivity index (χ0) is 20.6. The Morgan fingerprint density at radius 3 is 2.60 bits per heavy atom. The second kappa shape index (κ2) is 10.1. The highest BCUT2D eigenvalue weighted by Crippen LogP contribution is 2.32. The van der Waals surface area contributed by atoms with Crippen LogP contribution in [0.25, 0.3) is 0 Å². The topological polar surface area (TPSA) is 87.1 Å². The quantitative estimate of drug-likeness (QED) is 0.565. The fourth-order valence-corrected chi connectivity index (χ4v) is 3.52. The van der Waals surface area contributed by atoms with Crippen molar-refractivity contribution in [2.24, 2.45) is 4.99 Å². The summed E-state index contributed by atoms with van der Waals surface area (Å²) in [5.41, 5.74) is 0.920. The molecule has 160 valence electrons. The van der Waals surface area contributed by atoms with Gasteiger partial charge in [0.15, 0.2) is 17.5 Å². The van der Waals surface area contributed by atoms with E-state index >= 15 is 0 Å². The Morgan fingerprint density at radius 2 is 1.83 bits per heavy atom. The zero-order valence-electron chi connectivity index (χ0n) is 17.4. The van der Waals surface area contributed by atoms with E-state index in [9.17, 15) is 0 Å².